The first kappa shape index (κ1) is 11.5. The van der Waals surface area contributed by atoms with Crippen molar-refractivity contribution in [1.82, 2.24) is 0 Å². The van der Waals surface area contributed by atoms with Gasteiger partial charge in [0.1, 0.15) is 0 Å². The van der Waals surface area contributed by atoms with Crippen LogP contribution in [0.15, 0.2) is 18.2 Å². The van der Waals surface area contributed by atoms with E-state index in [0.717, 1.165) is 17.0 Å². The minimum absolute atomic E-state index is 0.143. The highest BCUT2D eigenvalue weighted by Crippen LogP contribution is 2.18. The molecule has 0 amide bonds. The molecule has 3 heteroatoms. The van der Waals surface area contributed by atoms with Gasteiger partial charge in [0.05, 0.1) is 6.61 Å². The average molecular weight is 214 g/mol. The summed E-state index contributed by atoms with van der Waals surface area (Å²) in [6.07, 6.45) is 0.833. The smallest absolute Gasteiger partial charge is 0.0715 e. The van der Waals surface area contributed by atoms with Gasteiger partial charge < -0.3 is 10.5 Å². The topological polar surface area (TPSA) is 35.2 Å². The third-order valence-electron chi connectivity index (χ3n) is 2.01. The maximum Gasteiger partial charge on any atom is 0.0715 e. The second-order valence-corrected chi connectivity index (χ2v) is 3.96. The van der Waals surface area contributed by atoms with Gasteiger partial charge in [0.25, 0.3) is 0 Å². The summed E-state index contributed by atoms with van der Waals surface area (Å²) in [7, 11) is 1.68. The third-order valence-corrected chi connectivity index (χ3v) is 2.25. The van der Waals surface area contributed by atoms with Crippen molar-refractivity contribution < 1.29 is 4.74 Å². The molecular weight excluding hydrogens is 198 g/mol. The molecule has 2 nitrogen and oxygen atoms in total. The average Bonchev–Trinajstić information content (AvgIpc) is 2.09. The molecule has 0 heterocycles. The van der Waals surface area contributed by atoms with Crippen LogP contribution in [-0.2, 0) is 17.8 Å². The van der Waals surface area contributed by atoms with Crippen molar-refractivity contribution in [2.24, 2.45) is 5.73 Å². The van der Waals surface area contributed by atoms with Gasteiger partial charge >= 0.3 is 0 Å². The Balaban J connectivity index is 2.90. The highest BCUT2D eigenvalue weighted by molar-refractivity contribution is 6.30. The standard InChI is InChI=1S/C11H16ClNO/c1-8(13)5-10-6-11(12)4-3-9(10)7-14-2/h3-4,6,8H,5,7,13H2,1-2H3. The molecule has 1 unspecified atom stereocenters. The number of methoxy groups -OCH3 is 1. The summed E-state index contributed by atoms with van der Waals surface area (Å²) < 4.78 is 5.11. The Morgan fingerprint density at radius 1 is 1.43 bits per heavy atom. The van der Waals surface area contributed by atoms with E-state index in [0.29, 0.717) is 6.61 Å². The summed E-state index contributed by atoms with van der Waals surface area (Å²) in [6.45, 7) is 2.59. The van der Waals surface area contributed by atoms with Crippen LogP contribution in [0.2, 0.25) is 5.02 Å². The molecule has 0 aromatic heterocycles. The Labute approximate surface area is 90.0 Å². The molecule has 14 heavy (non-hydrogen) atoms. The first-order valence-corrected chi connectivity index (χ1v) is 5.03. The lowest BCUT2D eigenvalue weighted by atomic mass is 10.0. The molecular formula is C11H16ClNO. The first-order chi connectivity index (χ1) is 6.63. The molecule has 0 saturated carbocycles. The van der Waals surface area contributed by atoms with E-state index in [1.165, 1.54) is 5.56 Å². The van der Waals surface area contributed by atoms with E-state index >= 15 is 0 Å². The van der Waals surface area contributed by atoms with E-state index in [4.69, 9.17) is 22.1 Å². The van der Waals surface area contributed by atoms with E-state index < -0.39 is 0 Å². The summed E-state index contributed by atoms with van der Waals surface area (Å²) in [5.41, 5.74) is 8.09. The second-order valence-electron chi connectivity index (χ2n) is 3.53. The Morgan fingerprint density at radius 2 is 2.14 bits per heavy atom. The van der Waals surface area contributed by atoms with Gasteiger partial charge in [-0.05, 0) is 36.6 Å². The van der Waals surface area contributed by atoms with Crippen LogP contribution < -0.4 is 5.73 Å². The van der Waals surface area contributed by atoms with E-state index in [1.54, 1.807) is 7.11 Å². The summed E-state index contributed by atoms with van der Waals surface area (Å²) in [5, 5.41) is 0.750. The molecule has 2 N–H and O–H groups in total. The number of rotatable bonds is 4. The fourth-order valence-electron chi connectivity index (χ4n) is 1.43. The highest BCUT2D eigenvalue weighted by Gasteiger charge is 2.05. The highest BCUT2D eigenvalue weighted by atomic mass is 35.5. The third kappa shape index (κ3) is 3.29. The zero-order valence-electron chi connectivity index (χ0n) is 8.59. The second kappa shape index (κ2) is 5.35. The van der Waals surface area contributed by atoms with Gasteiger partial charge in [-0.3, -0.25) is 0 Å². The molecule has 1 aromatic carbocycles. The normalized spacial score (nSPS) is 12.9. The van der Waals surface area contributed by atoms with Crippen LogP contribution in [0, 0.1) is 0 Å². The van der Waals surface area contributed by atoms with Crippen LogP contribution in [0.4, 0.5) is 0 Å². The Kier molecular flexibility index (Phi) is 4.39. The Morgan fingerprint density at radius 3 is 2.71 bits per heavy atom. The molecule has 0 fully saturated rings. The fourth-order valence-corrected chi connectivity index (χ4v) is 1.62. The summed E-state index contributed by atoms with van der Waals surface area (Å²) in [4.78, 5) is 0. The summed E-state index contributed by atoms with van der Waals surface area (Å²) in [5.74, 6) is 0. The fraction of sp³-hybridized carbons (Fsp3) is 0.455. The van der Waals surface area contributed by atoms with Gasteiger partial charge in [0, 0.05) is 18.2 Å². The molecule has 1 rings (SSSR count). The zero-order chi connectivity index (χ0) is 10.6. The minimum Gasteiger partial charge on any atom is -0.380 e. The van der Waals surface area contributed by atoms with Crippen molar-refractivity contribution >= 4 is 11.6 Å². The first-order valence-electron chi connectivity index (χ1n) is 4.65. The molecule has 0 saturated heterocycles. The molecule has 0 aliphatic carbocycles. The maximum atomic E-state index is 5.92. The maximum absolute atomic E-state index is 5.92. The number of ether oxygens (including phenoxy) is 1. The van der Waals surface area contributed by atoms with E-state index in [2.05, 4.69) is 0 Å². The largest absolute Gasteiger partial charge is 0.380 e. The van der Waals surface area contributed by atoms with Crippen LogP contribution in [0.1, 0.15) is 18.1 Å². The van der Waals surface area contributed by atoms with Crippen LogP contribution >= 0.6 is 11.6 Å². The van der Waals surface area contributed by atoms with Crippen molar-refractivity contribution in [3.05, 3.63) is 34.3 Å². The molecule has 0 bridgehead atoms. The number of halogens is 1. The quantitative estimate of drug-likeness (QED) is 0.834. The molecule has 1 aromatic rings. The van der Waals surface area contributed by atoms with Gasteiger partial charge in [-0.2, -0.15) is 0 Å². The van der Waals surface area contributed by atoms with Crippen molar-refractivity contribution in [2.45, 2.75) is 26.0 Å². The van der Waals surface area contributed by atoms with Crippen molar-refractivity contribution in [3.63, 3.8) is 0 Å². The summed E-state index contributed by atoms with van der Waals surface area (Å²) >= 11 is 5.92. The van der Waals surface area contributed by atoms with Crippen LogP contribution in [0.5, 0.6) is 0 Å². The lowest BCUT2D eigenvalue weighted by molar-refractivity contribution is 0.184. The summed E-state index contributed by atoms with van der Waals surface area (Å²) in [6, 6.07) is 5.97. The number of nitrogens with two attached hydrogens (primary N) is 1. The van der Waals surface area contributed by atoms with E-state index in [9.17, 15) is 0 Å². The zero-order valence-corrected chi connectivity index (χ0v) is 9.34. The van der Waals surface area contributed by atoms with Crippen LogP contribution in [0.3, 0.4) is 0 Å². The van der Waals surface area contributed by atoms with Gasteiger partial charge in [-0.25, -0.2) is 0 Å². The Bertz CT molecular complexity index is 299. The SMILES string of the molecule is COCc1ccc(Cl)cc1CC(C)N. The predicted octanol–water partition coefficient (Wildman–Crippen LogP) is 2.38. The molecule has 1 atom stereocenters. The molecule has 0 aliphatic heterocycles. The van der Waals surface area contributed by atoms with E-state index in [1.807, 2.05) is 25.1 Å². The molecule has 0 radical (unpaired) electrons. The molecule has 0 spiro atoms. The molecule has 78 valence electrons. The molecule has 0 aliphatic rings. The Hall–Kier alpha value is -0.570. The predicted molar refractivity (Wildman–Crippen MR) is 59.5 cm³/mol. The lowest BCUT2D eigenvalue weighted by Crippen LogP contribution is -2.18. The van der Waals surface area contributed by atoms with Crippen molar-refractivity contribution in [1.29, 1.82) is 0 Å². The van der Waals surface area contributed by atoms with Gasteiger partial charge in [-0.1, -0.05) is 17.7 Å². The van der Waals surface area contributed by atoms with Gasteiger partial charge in [0.15, 0.2) is 0 Å². The van der Waals surface area contributed by atoms with Gasteiger partial charge in [0.2, 0.25) is 0 Å². The number of hydrogen-bond donors (Lipinski definition) is 1. The monoisotopic (exact) mass is 213 g/mol. The van der Waals surface area contributed by atoms with Crippen molar-refractivity contribution in [3.8, 4) is 0 Å². The van der Waals surface area contributed by atoms with E-state index in [-0.39, 0.29) is 6.04 Å². The number of benzene rings is 1. The van der Waals surface area contributed by atoms with Crippen LogP contribution in [0.25, 0.3) is 0 Å². The van der Waals surface area contributed by atoms with Crippen molar-refractivity contribution in [2.75, 3.05) is 7.11 Å². The minimum atomic E-state index is 0.143. The lowest BCUT2D eigenvalue weighted by Gasteiger charge is -2.11. The number of hydrogen-bond acceptors (Lipinski definition) is 2. The van der Waals surface area contributed by atoms with Crippen LogP contribution in [-0.4, -0.2) is 13.2 Å². The van der Waals surface area contributed by atoms with Gasteiger partial charge in [-0.15, -0.1) is 0 Å².